The van der Waals surface area contributed by atoms with Crippen LogP contribution in [0.25, 0.3) is 0 Å². The third-order valence-corrected chi connectivity index (χ3v) is 2.88. The molecule has 0 unspecified atom stereocenters. The number of aromatic carboxylic acids is 1. The van der Waals surface area contributed by atoms with Crippen molar-refractivity contribution in [1.29, 1.82) is 0 Å². The zero-order chi connectivity index (χ0) is 16.5. The number of carboxylic acids is 1. The van der Waals surface area contributed by atoms with E-state index in [9.17, 15) is 4.79 Å². The van der Waals surface area contributed by atoms with Crippen molar-refractivity contribution in [2.75, 3.05) is 5.73 Å². The summed E-state index contributed by atoms with van der Waals surface area (Å²) in [4.78, 5) is 10.3. The number of carboxylic acid groups (broad SMARTS) is 1. The van der Waals surface area contributed by atoms with Crippen molar-refractivity contribution >= 4 is 11.7 Å². The predicted octanol–water partition coefficient (Wildman–Crippen LogP) is 4.45. The Labute approximate surface area is 134 Å². The Balaban J connectivity index is 0.000000174. The largest absolute Gasteiger partial charge is 0.478 e. The molecule has 0 aliphatic rings. The van der Waals surface area contributed by atoms with E-state index in [4.69, 9.17) is 15.6 Å². The summed E-state index contributed by atoms with van der Waals surface area (Å²) in [5, 5.41) is 8.43. The Bertz CT molecular complexity index is 688. The van der Waals surface area contributed by atoms with Gasteiger partial charge >= 0.3 is 5.97 Å². The smallest absolute Gasteiger partial charge is 0.335 e. The Hall–Kier alpha value is -3.27. The van der Waals surface area contributed by atoms with Crippen LogP contribution in [0.1, 0.15) is 10.4 Å². The number of hydrogen-bond acceptors (Lipinski definition) is 3. The number of ether oxygens (including phenoxy) is 1. The molecule has 3 rings (SSSR count). The summed E-state index contributed by atoms with van der Waals surface area (Å²) in [6.45, 7) is 0. The highest BCUT2D eigenvalue weighted by Crippen LogP contribution is 2.19. The van der Waals surface area contributed by atoms with Gasteiger partial charge in [-0.15, -0.1) is 0 Å². The molecular weight excluding hydrogens is 290 g/mol. The maximum atomic E-state index is 10.3. The molecule has 0 bridgehead atoms. The monoisotopic (exact) mass is 307 g/mol. The van der Waals surface area contributed by atoms with E-state index in [1.165, 1.54) is 12.1 Å². The van der Waals surface area contributed by atoms with Crippen LogP contribution in [0.4, 0.5) is 5.69 Å². The van der Waals surface area contributed by atoms with Gasteiger partial charge in [0, 0.05) is 5.69 Å². The van der Waals surface area contributed by atoms with Gasteiger partial charge in [0.15, 0.2) is 0 Å². The predicted molar refractivity (Wildman–Crippen MR) is 90.8 cm³/mol. The number of hydrogen-bond donors (Lipinski definition) is 2. The van der Waals surface area contributed by atoms with E-state index in [0.29, 0.717) is 5.69 Å². The number of para-hydroxylation sites is 2. The maximum Gasteiger partial charge on any atom is 0.335 e. The van der Waals surface area contributed by atoms with Crippen molar-refractivity contribution in [3.8, 4) is 11.5 Å². The molecule has 116 valence electrons. The minimum Gasteiger partial charge on any atom is -0.478 e. The molecule has 0 aliphatic heterocycles. The first kappa shape index (κ1) is 16.1. The lowest BCUT2D eigenvalue weighted by Crippen LogP contribution is -1.95. The molecule has 4 heteroatoms. The second-order valence-corrected chi connectivity index (χ2v) is 4.66. The zero-order valence-electron chi connectivity index (χ0n) is 12.4. The highest BCUT2D eigenvalue weighted by Gasteiger charge is 1.98. The van der Waals surface area contributed by atoms with Crippen molar-refractivity contribution in [2.45, 2.75) is 0 Å². The molecule has 0 spiro atoms. The normalized spacial score (nSPS) is 9.39. The first-order valence-corrected chi connectivity index (χ1v) is 7.02. The van der Waals surface area contributed by atoms with E-state index in [2.05, 4.69) is 0 Å². The highest BCUT2D eigenvalue weighted by molar-refractivity contribution is 5.87. The Morgan fingerprint density at radius 1 is 0.739 bits per heavy atom. The first-order valence-electron chi connectivity index (χ1n) is 7.02. The fraction of sp³-hybridized carbons (Fsp3) is 0. The Morgan fingerprint density at radius 3 is 1.57 bits per heavy atom. The second-order valence-electron chi connectivity index (χ2n) is 4.66. The van der Waals surface area contributed by atoms with Crippen LogP contribution < -0.4 is 10.5 Å². The van der Waals surface area contributed by atoms with Gasteiger partial charge in [0.1, 0.15) is 11.5 Å². The lowest BCUT2D eigenvalue weighted by molar-refractivity contribution is 0.0697. The van der Waals surface area contributed by atoms with Crippen LogP contribution in [0.5, 0.6) is 11.5 Å². The zero-order valence-corrected chi connectivity index (χ0v) is 12.4. The van der Waals surface area contributed by atoms with Crippen LogP contribution in [0.15, 0.2) is 84.9 Å². The van der Waals surface area contributed by atoms with Gasteiger partial charge in [0.25, 0.3) is 0 Å². The molecule has 0 heterocycles. The molecule has 0 fully saturated rings. The standard InChI is InChI=1S/C12H10O.C7H7NO2/c1-3-7-11(8-4-1)13-12-9-5-2-6-10-12;8-6-3-1-5(2-4-6)7(9)10/h1-10H;1-4H,8H2,(H,9,10). The summed E-state index contributed by atoms with van der Waals surface area (Å²) >= 11 is 0. The summed E-state index contributed by atoms with van der Waals surface area (Å²) < 4.78 is 5.58. The number of rotatable bonds is 3. The molecule has 0 saturated carbocycles. The molecule has 0 atom stereocenters. The summed E-state index contributed by atoms with van der Waals surface area (Å²) in [6, 6.07) is 25.6. The molecule has 0 amide bonds. The van der Waals surface area contributed by atoms with Gasteiger partial charge in [-0.3, -0.25) is 0 Å². The molecule has 0 saturated heterocycles. The average Bonchev–Trinajstić information content (AvgIpc) is 2.58. The van der Waals surface area contributed by atoms with Crippen LogP contribution in [0.2, 0.25) is 0 Å². The van der Waals surface area contributed by atoms with E-state index in [1.807, 2.05) is 60.7 Å². The fourth-order valence-electron chi connectivity index (χ4n) is 1.74. The van der Waals surface area contributed by atoms with Gasteiger partial charge in [-0.05, 0) is 48.5 Å². The summed E-state index contributed by atoms with van der Waals surface area (Å²) in [5.41, 5.74) is 6.17. The van der Waals surface area contributed by atoms with Gasteiger partial charge in [-0.25, -0.2) is 4.79 Å². The van der Waals surface area contributed by atoms with Crippen LogP contribution in [0.3, 0.4) is 0 Å². The second kappa shape index (κ2) is 8.24. The molecule has 0 aromatic heterocycles. The minimum absolute atomic E-state index is 0.259. The maximum absolute atomic E-state index is 10.3. The number of nitrogens with two attached hydrogens (primary N) is 1. The number of benzene rings is 3. The van der Waals surface area contributed by atoms with Crippen molar-refractivity contribution < 1.29 is 14.6 Å². The van der Waals surface area contributed by atoms with E-state index >= 15 is 0 Å². The lowest BCUT2D eigenvalue weighted by Gasteiger charge is -2.03. The summed E-state index contributed by atoms with van der Waals surface area (Å²) in [7, 11) is 0. The molecule has 3 aromatic carbocycles. The van der Waals surface area contributed by atoms with Crippen molar-refractivity contribution in [2.24, 2.45) is 0 Å². The van der Waals surface area contributed by atoms with Crippen LogP contribution in [-0.2, 0) is 0 Å². The lowest BCUT2D eigenvalue weighted by atomic mass is 10.2. The van der Waals surface area contributed by atoms with Crippen molar-refractivity contribution in [3.63, 3.8) is 0 Å². The first-order chi connectivity index (χ1) is 11.1. The van der Waals surface area contributed by atoms with Gasteiger partial charge < -0.3 is 15.6 Å². The van der Waals surface area contributed by atoms with Gasteiger partial charge in [0.05, 0.1) is 5.56 Å². The third-order valence-electron chi connectivity index (χ3n) is 2.88. The molecule has 0 radical (unpaired) electrons. The molecule has 0 aliphatic carbocycles. The van der Waals surface area contributed by atoms with Crippen LogP contribution >= 0.6 is 0 Å². The Morgan fingerprint density at radius 2 is 1.17 bits per heavy atom. The van der Waals surface area contributed by atoms with Gasteiger partial charge in [-0.2, -0.15) is 0 Å². The Kier molecular flexibility index (Phi) is 5.77. The van der Waals surface area contributed by atoms with E-state index in [1.54, 1.807) is 12.1 Å². The van der Waals surface area contributed by atoms with Crippen molar-refractivity contribution in [1.82, 2.24) is 0 Å². The van der Waals surface area contributed by atoms with Gasteiger partial charge in [0.2, 0.25) is 0 Å². The van der Waals surface area contributed by atoms with E-state index < -0.39 is 5.97 Å². The SMILES string of the molecule is Nc1ccc(C(=O)O)cc1.c1ccc(Oc2ccccc2)cc1. The average molecular weight is 307 g/mol. The van der Waals surface area contributed by atoms with Crippen molar-refractivity contribution in [3.05, 3.63) is 90.5 Å². The molecule has 23 heavy (non-hydrogen) atoms. The minimum atomic E-state index is -0.931. The quantitative estimate of drug-likeness (QED) is 0.701. The summed E-state index contributed by atoms with van der Waals surface area (Å²) in [5.74, 6) is 0.808. The number of carbonyl (C=O) groups is 1. The molecular formula is C19H17NO3. The highest BCUT2D eigenvalue weighted by atomic mass is 16.5. The topological polar surface area (TPSA) is 72.6 Å². The summed E-state index contributed by atoms with van der Waals surface area (Å²) in [6.07, 6.45) is 0. The number of nitrogen functional groups attached to an aromatic ring is 1. The van der Waals surface area contributed by atoms with Gasteiger partial charge in [-0.1, -0.05) is 36.4 Å². The third kappa shape index (κ3) is 5.55. The van der Waals surface area contributed by atoms with Crippen LogP contribution in [0, 0.1) is 0 Å². The van der Waals surface area contributed by atoms with E-state index in [0.717, 1.165) is 11.5 Å². The number of anilines is 1. The van der Waals surface area contributed by atoms with E-state index in [-0.39, 0.29) is 5.56 Å². The molecule has 3 N–H and O–H groups in total. The fourth-order valence-corrected chi connectivity index (χ4v) is 1.74. The molecule has 4 nitrogen and oxygen atoms in total. The van der Waals surface area contributed by atoms with Crippen LogP contribution in [-0.4, -0.2) is 11.1 Å². The molecule has 3 aromatic rings.